The number of ether oxygens (including phenoxy) is 1. The van der Waals surface area contributed by atoms with Gasteiger partial charge < -0.3 is 9.64 Å². The van der Waals surface area contributed by atoms with Gasteiger partial charge in [0.05, 0.1) is 22.1 Å². The summed E-state index contributed by atoms with van der Waals surface area (Å²) in [5.41, 5.74) is 1.04. The summed E-state index contributed by atoms with van der Waals surface area (Å²) in [4.78, 5) is 64.1. The SMILES string of the molecule is Cc1ccc(N2C[C@@H](C(=O)Oc3cccc(N4C(=O)c5cccc([N+](=O)[O-])c5C4=O)c3)CC2=O)cc1. The molecule has 1 atom stereocenters. The maximum absolute atomic E-state index is 13.0. The smallest absolute Gasteiger partial charge is 0.316 e. The molecule has 10 nitrogen and oxygen atoms in total. The fourth-order valence-electron chi connectivity index (χ4n) is 4.38. The highest BCUT2D eigenvalue weighted by Crippen LogP contribution is 2.35. The summed E-state index contributed by atoms with van der Waals surface area (Å²) >= 11 is 0. The van der Waals surface area contributed by atoms with E-state index in [4.69, 9.17) is 4.74 Å². The van der Waals surface area contributed by atoms with E-state index in [0.717, 1.165) is 16.5 Å². The van der Waals surface area contributed by atoms with E-state index in [1.165, 1.54) is 41.3 Å². The van der Waals surface area contributed by atoms with E-state index in [9.17, 15) is 29.3 Å². The zero-order valence-electron chi connectivity index (χ0n) is 19.0. The van der Waals surface area contributed by atoms with E-state index in [-0.39, 0.29) is 41.4 Å². The molecule has 3 amide bonds. The van der Waals surface area contributed by atoms with Crippen LogP contribution in [0.5, 0.6) is 5.75 Å². The molecule has 0 saturated carbocycles. The molecule has 2 aliphatic rings. The first-order chi connectivity index (χ1) is 17.2. The topological polar surface area (TPSA) is 127 Å². The number of carbonyl (C=O) groups is 4. The molecule has 0 spiro atoms. The van der Waals surface area contributed by atoms with Crippen molar-refractivity contribution in [1.29, 1.82) is 0 Å². The number of fused-ring (bicyclic) bond motifs is 1. The summed E-state index contributed by atoms with van der Waals surface area (Å²) in [5.74, 6) is -2.97. The van der Waals surface area contributed by atoms with E-state index in [0.29, 0.717) is 5.69 Å². The Labute approximate surface area is 204 Å². The summed E-state index contributed by atoms with van der Waals surface area (Å²) in [6, 6.07) is 17.0. The number of nitro benzene ring substituents is 1. The van der Waals surface area contributed by atoms with Gasteiger partial charge in [-0.25, -0.2) is 4.90 Å². The highest BCUT2D eigenvalue weighted by Gasteiger charge is 2.42. The van der Waals surface area contributed by atoms with Gasteiger partial charge in [-0.2, -0.15) is 0 Å². The van der Waals surface area contributed by atoms with E-state index >= 15 is 0 Å². The van der Waals surface area contributed by atoms with Crippen LogP contribution in [0.3, 0.4) is 0 Å². The largest absolute Gasteiger partial charge is 0.426 e. The number of anilines is 2. The van der Waals surface area contributed by atoms with E-state index in [1.54, 1.807) is 0 Å². The van der Waals surface area contributed by atoms with Gasteiger partial charge in [0, 0.05) is 30.8 Å². The number of esters is 1. The van der Waals surface area contributed by atoms with Crippen molar-refractivity contribution in [2.24, 2.45) is 5.92 Å². The second-order valence-corrected chi connectivity index (χ2v) is 8.56. The summed E-state index contributed by atoms with van der Waals surface area (Å²) in [6.45, 7) is 2.11. The molecule has 2 heterocycles. The molecule has 0 aromatic heterocycles. The van der Waals surface area contributed by atoms with Gasteiger partial charge in [-0.05, 0) is 37.3 Å². The van der Waals surface area contributed by atoms with E-state index in [2.05, 4.69) is 0 Å². The average molecular weight is 485 g/mol. The quantitative estimate of drug-likeness (QED) is 0.177. The van der Waals surface area contributed by atoms with Gasteiger partial charge in [0.1, 0.15) is 11.3 Å². The lowest BCUT2D eigenvalue weighted by molar-refractivity contribution is -0.385. The lowest BCUT2D eigenvalue weighted by Crippen LogP contribution is -2.29. The Morgan fingerprint density at radius 2 is 1.69 bits per heavy atom. The van der Waals surface area contributed by atoms with Crippen LogP contribution in [0.15, 0.2) is 66.7 Å². The van der Waals surface area contributed by atoms with Crippen molar-refractivity contribution in [2.75, 3.05) is 16.3 Å². The number of aryl methyl sites for hydroxylation is 1. The van der Waals surface area contributed by atoms with E-state index in [1.807, 2.05) is 31.2 Å². The molecule has 180 valence electrons. The molecule has 5 rings (SSSR count). The van der Waals surface area contributed by atoms with Crippen molar-refractivity contribution in [2.45, 2.75) is 13.3 Å². The summed E-state index contributed by atoms with van der Waals surface area (Å²) in [7, 11) is 0. The first-order valence-corrected chi connectivity index (χ1v) is 11.1. The fourth-order valence-corrected chi connectivity index (χ4v) is 4.38. The fraction of sp³-hybridized carbons (Fsp3) is 0.154. The Morgan fingerprint density at radius 1 is 0.972 bits per heavy atom. The van der Waals surface area contributed by atoms with Crippen molar-refractivity contribution in [1.82, 2.24) is 0 Å². The van der Waals surface area contributed by atoms with Crippen molar-refractivity contribution in [3.63, 3.8) is 0 Å². The monoisotopic (exact) mass is 485 g/mol. The number of rotatable bonds is 5. The lowest BCUT2D eigenvalue weighted by Gasteiger charge is -2.17. The molecule has 10 heteroatoms. The van der Waals surface area contributed by atoms with Gasteiger partial charge in [-0.15, -0.1) is 0 Å². The normalized spacial score (nSPS) is 16.9. The number of hydrogen-bond acceptors (Lipinski definition) is 7. The number of nitrogens with zero attached hydrogens (tertiary/aromatic N) is 3. The van der Waals surface area contributed by atoms with Crippen LogP contribution in [0.25, 0.3) is 0 Å². The average Bonchev–Trinajstić information content (AvgIpc) is 3.37. The Balaban J connectivity index is 1.34. The van der Waals surface area contributed by atoms with Gasteiger partial charge in [0.2, 0.25) is 5.91 Å². The number of hydrogen-bond donors (Lipinski definition) is 0. The molecule has 3 aromatic rings. The molecule has 0 unspecified atom stereocenters. The van der Waals surface area contributed by atoms with Crippen molar-refractivity contribution >= 4 is 40.8 Å². The van der Waals surface area contributed by atoms with Crippen LogP contribution < -0.4 is 14.5 Å². The Kier molecular flexibility index (Phi) is 5.56. The molecule has 0 aliphatic carbocycles. The van der Waals surface area contributed by atoms with Gasteiger partial charge in [-0.1, -0.05) is 29.8 Å². The highest BCUT2D eigenvalue weighted by atomic mass is 16.6. The first kappa shape index (κ1) is 22.9. The van der Waals surface area contributed by atoms with Crippen molar-refractivity contribution in [3.8, 4) is 5.75 Å². The number of amides is 3. The van der Waals surface area contributed by atoms with Gasteiger partial charge in [0.15, 0.2) is 0 Å². The minimum absolute atomic E-state index is 0.00548. The zero-order chi connectivity index (χ0) is 25.6. The highest BCUT2D eigenvalue weighted by molar-refractivity contribution is 6.35. The van der Waals surface area contributed by atoms with E-state index < -0.39 is 34.3 Å². The molecule has 0 radical (unpaired) electrons. The molecule has 1 saturated heterocycles. The molecule has 36 heavy (non-hydrogen) atoms. The molecule has 0 bridgehead atoms. The number of nitro groups is 1. The predicted molar refractivity (Wildman–Crippen MR) is 128 cm³/mol. The molecular formula is C26H19N3O7. The maximum atomic E-state index is 13.0. The first-order valence-electron chi connectivity index (χ1n) is 11.1. The Morgan fingerprint density at radius 3 is 2.42 bits per heavy atom. The van der Waals surface area contributed by atoms with Gasteiger partial charge >= 0.3 is 5.97 Å². The van der Waals surface area contributed by atoms with Gasteiger partial charge in [-0.3, -0.25) is 29.3 Å². The Hall–Kier alpha value is -4.86. The molecule has 1 fully saturated rings. The second kappa shape index (κ2) is 8.73. The third-order valence-corrected chi connectivity index (χ3v) is 6.19. The third-order valence-electron chi connectivity index (χ3n) is 6.19. The maximum Gasteiger partial charge on any atom is 0.316 e. The van der Waals surface area contributed by atoms with Crippen LogP contribution in [0.2, 0.25) is 0 Å². The Bertz CT molecular complexity index is 1450. The second-order valence-electron chi connectivity index (χ2n) is 8.56. The molecule has 3 aromatic carbocycles. The standard InChI is InChI=1S/C26H19N3O7/c1-15-8-10-17(11-9-15)27-14-16(12-22(27)30)26(33)36-19-5-2-4-18(13-19)28-24(31)20-6-3-7-21(29(34)35)23(20)25(28)32/h2-11,13,16H,12,14H2,1H3/t16-/m0/s1. The number of imide groups is 1. The van der Waals surface area contributed by atoms with Crippen LogP contribution in [0, 0.1) is 23.0 Å². The summed E-state index contributed by atoms with van der Waals surface area (Å²) in [5, 5.41) is 11.3. The van der Waals surface area contributed by atoms with Gasteiger partial charge in [0.25, 0.3) is 17.5 Å². The van der Waals surface area contributed by atoms with Crippen LogP contribution >= 0.6 is 0 Å². The minimum atomic E-state index is -0.832. The number of carbonyl (C=O) groups excluding carboxylic acids is 4. The summed E-state index contributed by atoms with van der Waals surface area (Å²) < 4.78 is 5.48. The summed E-state index contributed by atoms with van der Waals surface area (Å²) in [6.07, 6.45) is -0.00548. The minimum Gasteiger partial charge on any atom is -0.426 e. The number of benzene rings is 3. The molecular weight excluding hydrogens is 466 g/mol. The van der Waals surface area contributed by atoms with Crippen LogP contribution in [-0.4, -0.2) is 35.2 Å². The third kappa shape index (κ3) is 3.88. The van der Waals surface area contributed by atoms with Crippen LogP contribution in [-0.2, 0) is 9.59 Å². The molecule has 0 N–H and O–H groups in total. The zero-order valence-corrected chi connectivity index (χ0v) is 19.0. The van der Waals surface area contributed by atoms with Crippen molar-refractivity contribution < 1.29 is 28.8 Å². The molecule has 2 aliphatic heterocycles. The lowest BCUT2D eigenvalue weighted by atomic mass is 10.1. The predicted octanol–water partition coefficient (Wildman–Crippen LogP) is 3.66. The van der Waals surface area contributed by atoms with Crippen LogP contribution in [0.4, 0.5) is 17.1 Å². The van der Waals surface area contributed by atoms with Crippen molar-refractivity contribution in [3.05, 3.63) is 93.5 Å². The van der Waals surface area contributed by atoms with Crippen LogP contribution in [0.1, 0.15) is 32.7 Å².